The maximum atomic E-state index is 6.12. The zero-order chi connectivity index (χ0) is 20.2. The van der Waals surface area contributed by atoms with Crippen molar-refractivity contribution in [3.05, 3.63) is 70.8 Å². The fourth-order valence-corrected chi connectivity index (χ4v) is 3.86. The van der Waals surface area contributed by atoms with E-state index in [4.69, 9.17) is 11.6 Å². The van der Waals surface area contributed by atoms with E-state index in [1.165, 1.54) is 5.69 Å². The Kier molecular flexibility index (Phi) is 7.48. The van der Waals surface area contributed by atoms with E-state index in [1.807, 2.05) is 31.2 Å². The van der Waals surface area contributed by atoms with Gasteiger partial charge in [-0.05, 0) is 38.1 Å². The van der Waals surface area contributed by atoms with Gasteiger partial charge in [-0.25, -0.2) is 14.6 Å². The van der Waals surface area contributed by atoms with Crippen LogP contribution in [0.4, 0.5) is 5.69 Å². The Balaban J connectivity index is 0.00000256. The summed E-state index contributed by atoms with van der Waals surface area (Å²) in [5.74, 6) is 0.602. The van der Waals surface area contributed by atoms with Gasteiger partial charge in [0.25, 0.3) is 5.95 Å². The normalized spacial score (nSPS) is 14.8. The van der Waals surface area contributed by atoms with Gasteiger partial charge in [0.15, 0.2) is 0 Å². The lowest BCUT2D eigenvalue weighted by Crippen LogP contribution is -2.46. The van der Waals surface area contributed by atoms with Gasteiger partial charge >= 0.3 is 0 Å². The van der Waals surface area contributed by atoms with Crippen molar-refractivity contribution in [3.8, 4) is 5.95 Å². The molecule has 0 spiro atoms. The summed E-state index contributed by atoms with van der Waals surface area (Å²) in [4.78, 5) is 13.5. The van der Waals surface area contributed by atoms with Gasteiger partial charge in [0.2, 0.25) is 0 Å². The van der Waals surface area contributed by atoms with Crippen molar-refractivity contribution in [2.45, 2.75) is 13.8 Å². The average Bonchev–Trinajstić information content (AvgIpc) is 3.03. The number of anilines is 1. The average molecular weight is 445 g/mol. The number of aromatic nitrogens is 4. The minimum Gasteiger partial charge on any atom is -0.369 e. The molecule has 1 saturated heterocycles. The number of nitrogens with zero attached hydrogens (tertiary/aromatic N) is 6. The number of halogens is 2. The highest BCUT2D eigenvalue weighted by Gasteiger charge is 2.17. The second kappa shape index (κ2) is 10.1. The van der Waals surface area contributed by atoms with E-state index < -0.39 is 0 Å². The molecule has 3 aromatic rings. The molecule has 1 aromatic carbocycles. The Morgan fingerprint density at radius 3 is 2.47 bits per heavy atom. The Morgan fingerprint density at radius 1 is 1.03 bits per heavy atom. The van der Waals surface area contributed by atoms with Crippen molar-refractivity contribution in [1.29, 1.82) is 0 Å². The second-order valence-electron chi connectivity index (χ2n) is 7.21. The summed E-state index contributed by atoms with van der Waals surface area (Å²) in [6, 6.07) is 9.90. The first kappa shape index (κ1) is 22.3. The van der Waals surface area contributed by atoms with Crippen LogP contribution in [0.2, 0.25) is 5.02 Å². The minimum absolute atomic E-state index is 0. The van der Waals surface area contributed by atoms with Crippen molar-refractivity contribution in [3.63, 3.8) is 0 Å². The summed E-state index contributed by atoms with van der Waals surface area (Å²) < 4.78 is 1.80. The van der Waals surface area contributed by atoms with Crippen LogP contribution < -0.4 is 4.90 Å². The number of aryl methyl sites for hydroxylation is 1. The van der Waals surface area contributed by atoms with Crippen molar-refractivity contribution in [2.24, 2.45) is 0 Å². The fraction of sp³-hybridized carbons (Fsp3) is 0.318. The SMILES string of the molecule is Cc1nn(-c2ncccn2)c(C)c1/C=C/CN1CCN(c2cccc(Cl)c2)CC1.Cl. The Labute approximate surface area is 188 Å². The lowest BCUT2D eigenvalue weighted by Gasteiger charge is -2.35. The van der Waals surface area contributed by atoms with Crippen LogP contribution in [0.3, 0.4) is 0 Å². The van der Waals surface area contributed by atoms with Gasteiger partial charge in [0.05, 0.1) is 11.4 Å². The molecule has 2 aromatic heterocycles. The zero-order valence-electron chi connectivity index (χ0n) is 17.2. The molecule has 1 fully saturated rings. The third-order valence-corrected chi connectivity index (χ3v) is 5.52. The van der Waals surface area contributed by atoms with Crippen LogP contribution in [0.15, 0.2) is 48.8 Å². The molecule has 1 aliphatic rings. The summed E-state index contributed by atoms with van der Waals surface area (Å²) in [5.41, 5.74) is 4.37. The second-order valence-corrected chi connectivity index (χ2v) is 7.65. The molecule has 4 rings (SSSR count). The summed E-state index contributed by atoms with van der Waals surface area (Å²) >= 11 is 6.12. The van der Waals surface area contributed by atoms with Crippen molar-refractivity contribution in [1.82, 2.24) is 24.6 Å². The Bertz CT molecular complexity index is 994. The largest absolute Gasteiger partial charge is 0.369 e. The molecule has 0 saturated carbocycles. The van der Waals surface area contributed by atoms with Gasteiger partial charge in [-0.1, -0.05) is 29.8 Å². The molecule has 0 bridgehead atoms. The van der Waals surface area contributed by atoms with Crippen LogP contribution >= 0.6 is 24.0 Å². The highest BCUT2D eigenvalue weighted by molar-refractivity contribution is 6.30. The molecule has 0 radical (unpaired) electrons. The predicted octanol–water partition coefficient (Wildman–Crippen LogP) is 4.19. The number of hydrogen-bond donors (Lipinski definition) is 0. The monoisotopic (exact) mass is 444 g/mol. The van der Waals surface area contributed by atoms with E-state index in [0.29, 0.717) is 5.95 Å². The molecule has 0 N–H and O–H groups in total. The van der Waals surface area contributed by atoms with Crippen molar-refractivity contribution >= 4 is 35.8 Å². The summed E-state index contributed by atoms with van der Waals surface area (Å²) in [6.45, 7) is 9.09. The summed E-state index contributed by atoms with van der Waals surface area (Å²) in [6.07, 6.45) is 7.86. The van der Waals surface area contributed by atoms with Crippen LogP contribution in [0.5, 0.6) is 0 Å². The minimum atomic E-state index is 0. The number of hydrogen-bond acceptors (Lipinski definition) is 5. The molecule has 158 valence electrons. The molecule has 0 aliphatic carbocycles. The quantitative estimate of drug-likeness (QED) is 0.590. The van der Waals surface area contributed by atoms with E-state index >= 15 is 0 Å². The zero-order valence-corrected chi connectivity index (χ0v) is 18.8. The Morgan fingerprint density at radius 2 is 1.77 bits per heavy atom. The van der Waals surface area contributed by atoms with Crippen LogP contribution in [-0.4, -0.2) is 57.4 Å². The molecule has 3 heterocycles. The maximum Gasteiger partial charge on any atom is 0.250 e. The molecule has 0 atom stereocenters. The highest BCUT2D eigenvalue weighted by Crippen LogP contribution is 2.21. The van der Waals surface area contributed by atoms with E-state index in [0.717, 1.165) is 54.7 Å². The molecule has 6 nitrogen and oxygen atoms in total. The lowest BCUT2D eigenvalue weighted by atomic mass is 10.2. The van der Waals surface area contributed by atoms with E-state index in [1.54, 1.807) is 17.1 Å². The lowest BCUT2D eigenvalue weighted by molar-refractivity contribution is 0.284. The molecule has 8 heteroatoms. The summed E-state index contributed by atoms with van der Waals surface area (Å²) in [7, 11) is 0. The number of piperazine rings is 1. The molecule has 1 aliphatic heterocycles. The first-order chi connectivity index (χ1) is 14.1. The Hall–Kier alpha value is -2.41. The third kappa shape index (κ3) is 5.01. The van der Waals surface area contributed by atoms with Crippen LogP contribution in [0.25, 0.3) is 12.0 Å². The van der Waals surface area contributed by atoms with Crippen molar-refractivity contribution in [2.75, 3.05) is 37.6 Å². The van der Waals surface area contributed by atoms with E-state index in [2.05, 4.69) is 50.0 Å². The molecule has 0 unspecified atom stereocenters. The van der Waals surface area contributed by atoms with Gasteiger partial charge < -0.3 is 4.90 Å². The van der Waals surface area contributed by atoms with Gasteiger partial charge in [-0.3, -0.25) is 4.90 Å². The van der Waals surface area contributed by atoms with E-state index in [-0.39, 0.29) is 12.4 Å². The topological polar surface area (TPSA) is 50.1 Å². The van der Waals surface area contributed by atoms with Gasteiger partial charge in [0.1, 0.15) is 0 Å². The number of benzene rings is 1. The van der Waals surface area contributed by atoms with Gasteiger partial charge in [-0.15, -0.1) is 12.4 Å². The smallest absolute Gasteiger partial charge is 0.250 e. The van der Waals surface area contributed by atoms with Gasteiger partial charge in [-0.2, -0.15) is 5.10 Å². The first-order valence-electron chi connectivity index (χ1n) is 9.85. The van der Waals surface area contributed by atoms with Crippen LogP contribution in [0, 0.1) is 13.8 Å². The summed E-state index contributed by atoms with van der Waals surface area (Å²) in [5, 5.41) is 5.40. The maximum absolute atomic E-state index is 6.12. The van der Waals surface area contributed by atoms with Crippen LogP contribution in [0.1, 0.15) is 17.0 Å². The van der Waals surface area contributed by atoms with Crippen LogP contribution in [-0.2, 0) is 0 Å². The van der Waals surface area contributed by atoms with Gasteiger partial charge in [0, 0.05) is 61.4 Å². The molecular weight excluding hydrogens is 419 g/mol. The standard InChI is InChI=1S/C22H25ClN6.ClH/c1-17-21(18(2)29(26-17)22-24-9-5-10-25-22)8-4-11-27-12-14-28(15-13-27)20-7-3-6-19(23)16-20;/h3-10,16H,11-15H2,1-2H3;1H/b8-4+;. The third-order valence-electron chi connectivity index (χ3n) is 5.28. The van der Waals surface area contributed by atoms with E-state index in [9.17, 15) is 0 Å². The highest BCUT2D eigenvalue weighted by atomic mass is 35.5. The van der Waals surface area contributed by atoms with Crippen molar-refractivity contribution < 1.29 is 0 Å². The molecule has 0 amide bonds. The first-order valence-corrected chi connectivity index (χ1v) is 10.2. The number of rotatable bonds is 5. The molecular formula is C22H26Cl2N6. The predicted molar refractivity (Wildman–Crippen MR) is 125 cm³/mol. The molecule has 30 heavy (non-hydrogen) atoms. The fourth-order valence-electron chi connectivity index (χ4n) is 3.67.